The van der Waals surface area contributed by atoms with Gasteiger partial charge in [-0.25, -0.2) is 10.2 Å². The molecule has 1 fully saturated rings. The molecule has 1 heterocycles. The Labute approximate surface area is 206 Å². The number of rotatable bonds is 8. The van der Waals surface area contributed by atoms with E-state index in [1.807, 2.05) is 24.3 Å². The van der Waals surface area contributed by atoms with Gasteiger partial charge in [-0.2, -0.15) is 5.10 Å². The molecule has 0 unspecified atom stereocenters. The number of amides is 1. The molecule has 0 aliphatic carbocycles. The van der Waals surface area contributed by atoms with Gasteiger partial charge in [-0.05, 0) is 79.2 Å². The topological polar surface area (TPSA) is 71.0 Å². The highest BCUT2D eigenvalue weighted by molar-refractivity contribution is 5.95. The minimum atomic E-state index is -0.391. The number of carbonyl (C=O) groups is 2. The van der Waals surface area contributed by atoms with Crippen LogP contribution in [0.5, 0.6) is 0 Å². The van der Waals surface area contributed by atoms with Crippen molar-refractivity contribution in [1.29, 1.82) is 0 Å². The average molecular weight is 470 g/mol. The highest BCUT2D eigenvalue weighted by atomic mass is 16.5. The molecule has 1 saturated heterocycles. The second-order valence-electron chi connectivity index (χ2n) is 8.92. The Bertz CT molecular complexity index is 1130. The van der Waals surface area contributed by atoms with Crippen LogP contribution in [-0.2, 0) is 17.7 Å². The number of esters is 1. The maximum absolute atomic E-state index is 12.4. The van der Waals surface area contributed by atoms with Gasteiger partial charge < -0.3 is 4.74 Å². The lowest BCUT2D eigenvalue weighted by molar-refractivity contribution is 0.0600. The molecule has 0 radical (unpaired) electrons. The summed E-state index contributed by atoms with van der Waals surface area (Å²) in [7, 11) is 1.34. The summed E-state index contributed by atoms with van der Waals surface area (Å²) in [6, 6.07) is 25.2. The smallest absolute Gasteiger partial charge is 0.337 e. The van der Waals surface area contributed by atoms with Gasteiger partial charge in [0.05, 0.1) is 18.9 Å². The number of hydrogen-bond acceptors (Lipinski definition) is 5. The van der Waals surface area contributed by atoms with Crippen molar-refractivity contribution in [2.45, 2.75) is 25.8 Å². The number of nitrogens with zero attached hydrogens (tertiary/aromatic N) is 2. The first-order valence-electron chi connectivity index (χ1n) is 12.0. The molecule has 3 aromatic carbocycles. The highest BCUT2D eigenvalue weighted by Crippen LogP contribution is 2.23. The van der Waals surface area contributed by atoms with Crippen molar-refractivity contribution in [3.63, 3.8) is 0 Å². The minimum Gasteiger partial charge on any atom is -0.465 e. The summed E-state index contributed by atoms with van der Waals surface area (Å²) < 4.78 is 4.68. The number of likely N-dealkylation sites (tertiary alicyclic amines) is 1. The Balaban J connectivity index is 1.21. The van der Waals surface area contributed by atoms with Crippen LogP contribution in [0.2, 0.25) is 0 Å². The van der Waals surface area contributed by atoms with E-state index in [1.54, 1.807) is 24.3 Å². The van der Waals surface area contributed by atoms with Crippen molar-refractivity contribution < 1.29 is 14.3 Å². The van der Waals surface area contributed by atoms with Gasteiger partial charge in [0.25, 0.3) is 5.91 Å². The van der Waals surface area contributed by atoms with Crippen LogP contribution in [0, 0.1) is 5.92 Å². The zero-order chi connectivity index (χ0) is 24.5. The quantitative estimate of drug-likeness (QED) is 0.295. The van der Waals surface area contributed by atoms with Crippen LogP contribution in [0.1, 0.15) is 50.2 Å². The van der Waals surface area contributed by atoms with E-state index in [-0.39, 0.29) is 5.91 Å². The monoisotopic (exact) mass is 469 g/mol. The molecule has 0 atom stereocenters. The van der Waals surface area contributed by atoms with Crippen LogP contribution >= 0.6 is 0 Å². The van der Waals surface area contributed by atoms with Crippen LogP contribution in [0.15, 0.2) is 84.0 Å². The molecular formula is C29H31N3O3. The van der Waals surface area contributed by atoms with Crippen LogP contribution in [0.3, 0.4) is 0 Å². The summed E-state index contributed by atoms with van der Waals surface area (Å²) >= 11 is 0. The third-order valence-corrected chi connectivity index (χ3v) is 6.41. The maximum Gasteiger partial charge on any atom is 0.337 e. The molecule has 0 saturated carbocycles. The van der Waals surface area contributed by atoms with Gasteiger partial charge in [-0.3, -0.25) is 9.69 Å². The molecule has 0 bridgehead atoms. The van der Waals surface area contributed by atoms with Crippen LogP contribution < -0.4 is 5.43 Å². The van der Waals surface area contributed by atoms with Crippen molar-refractivity contribution in [3.05, 3.63) is 107 Å². The standard InChI is InChI=1S/C29H31N3O3/c1-35-29(34)27-13-7-24(8-14-27)20-30-31-28(33)26-11-9-25(10-12-26)21-32-17-15-23(16-18-32)19-22-5-3-2-4-6-22/h2-14,20,23H,15-19,21H2,1H3,(H,31,33)/b30-20-. The molecular weight excluding hydrogens is 438 g/mol. The Morgan fingerprint density at radius 1 is 0.914 bits per heavy atom. The molecule has 6 nitrogen and oxygen atoms in total. The molecule has 180 valence electrons. The summed E-state index contributed by atoms with van der Waals surface area (Å²) in [6.45, 7) is 3.11. The number of piperidine rings is 1. The lowest BCUT2D eigenvalue weighted by Gasteiger charge is -2.32. The summed E-state index contributed by atoms with van der Waals surface area (Å²) in [5.41, 5.74) is 6.98. The van der Waals surface area contributed by atoms with Crippen molar-refractivity contribution in [3.8, 4) is 0 Å². The number of hydrazone groups is 1. The molecule has 35 heavy (non-hydrogen) atoms. The SMILES string of the molecule is COC(=O)c1ccc(/C=N\NC(=O)c2ccc(CN3CCC(Cc4ccccc4)CC3)cc2)cc1. The fourth-order valence-electron chi connectivity index (χ4n) is 4.37. The van der Waals surface area contributed by atoms with E-state index in [4.69, 9.17) is 0 Å². The molecule has 1 amide bonds. The van der Waals surface area contributed by atoms with Gasteiger partial charge in [0.2, 0.25) is 0 Å². The predicted molar refractivity (Wildman–Crippen MR) is 137 cm³/mol. The first-order valence-corrected chi connectivity index (χ1v) is 12.0. The van der Waals surface area contributed by atoms with E-state index in [9.17, 15) is 9.59 Å². The number of carbonyl (C=O) groups excluding carboxylic acids is 2. The number of nitrogens with one attached hydrogen (secondary N) is 1. The van der Waals surface area contributed by atoms with Gasteiger partial charge in [0.1, 0.15) is 0 Å². The molecule has 1 aliphatic rings. The van der Waals surface area contributed by atoms with Crippen molar-refractivity contribution in [2.24, 2.45) is 11.0 Å². The first-order chi connectivity index (χ1) is 17.1. The fraction of sp³-hybridized carbons (Fsp3) is 0.276. The van der Waals surface area contributed by atoms with E-state index < -0.39 is 5.97 Å². The Morgan fingerprint density at radius 3 is 2.23 bits per heavy atom. The lowest BCUT2D eigenvalue weighted by Crippen LogP contribution is -2.33. The summed E-state index contributed by atoms with van der Waals surface area (Å²) in [6.07, 6.45) is 5.14. The van der Waals surface area contributed by atoms with Gasteiger partial charge in [-0.1, -0.05) is 54.6 Å². The van der Waals surface area contributed by atoms with Crippen molar-refractivity contribution in [1.82, 2.24) is 10.3 Å². The van der Waals surface area contributed by atoms with Crippen LogP contribution in [-0.4, -0.2) is 43.2 Å². The largest absolute Gasteiger partial charge is 0.465 e. The van der Waals surface area contributed by atoms with E-state index in [0.29, 0.717) is 11.1 Å². The summed E-state index contributed by atoms with van der Waals surface area (Å²) in [5.74, 6) is 0.101. The third kappa shape index (κ3) is 7.11. The minimum absolute atomic E-state index is 0.263. The molecule has 0 spiro atoms. The van der Waals surface area contributed by atoms with Gasteiger partial charge in [0.15, 0.2) is 0 Å². The van der Waals surface area contributed by atoms with Crippen molar-refractivity contribution in [2.75, 3.05) is 20.2 Å². The maximum atomic E-state index is 12.4. The fourth-order valence-corrected chi connectivity index (χ4v) is 4.37. The highest BCUT2D eigenvalue weighted by Gasteiger charge is 2.19. The molecule has 4 rings (SSSR count). The summed E-state index contributed by atoms with van der Waals surface area (Å²) in [4.78, 5) is 26.4. The normalized spacial score (nSPS) is 14.7. The number of ether oxygens (including phenoxy) is 1. The van der Waals surface area contributed by atoms with E-state index in [0.717, 1.165) is 31.1 Å². The number of methoxy groups -OCH3 is 1. The predicted octanol–water partition coefficient (Wildman–Crippen LogP) is 4.69. The number of hydrogen-bond donors (Lipinski definition) is 1. The van der Waals surface area contributed by atoms with E-state index in [1.165, 1.54) is 43.7 Å². The van der Waals surface area contributed by atoms with E-state index in [2.05, 4.69) is 50.5 Å². The molecule has 1 N–H and O–H groups in total. The van der Waals surface area contributed by atoms with E-state index >= 15 is 0 Å². The van der Waals surface area contributed by atoms with Crippen LogP contribution in [0.25, 0.3) is 0 Å². The molecule has 0 aromatic heterocycles. The molecule has 6 heteroatoms. The summed E-state index contributed by atoms with van der Waals surface area (Å²) in [5, 5.41) is 4.02. The zero-order valence-corrected chi connectivity index (χ0v) is 20.0. The Kier molecular flexibility index (Phi) is 8.41. The Morgan fingerprint density at radius 2 is 1.57 bits per heavy atom. The third-order valence-electron chi connectivity index (χ3n) is 6.41. The molecule has 3 aromatic rings. The zero-order valence-electron chi connectivity index (χ0n) is 20.0. The van der Waals surface area contributed by atoms with Gasteiger partial charge in [0, 0.05) is 12.1 Å². The first kappa shape index (κ1) is 24.4. The van der Waals surface area contributed by atoms with Gasteiger partial charge in [-0.15, -0.1) is 0 Å². The van der Waals surface area contributed by atoms with Gasteiger partial charge >= 0.3 is 5.97 Å². The van der Waals surface area contributed by atoms with Crippen LogP contribution in [0.4, 0.5) is 0 Å². The Hall–Kier alpha value is -3.77. The number of benzene rings is 3. The van der Waals surface area contributed by atoms with Crippen molar-refractivity contribution >= 4 is 18.1 Å². The average Bonchev–Trinajstić information content (AvgIpc) is 2.91. The molecule has 1 aliphatic heterocycles. The second kappa shape index (κ2) is 12.1. The second-order valence-corrected chi connectivity index (χ2v) is 8.92. The lowest BCUT2D eigenvalue weighted by atomic mass is 9.90.